The van der Waals surface area contributed by atoms with Crippen LogP contribution in [0.15, 0.2) is 36.4 Å². The summed E-state index contributed by atoms with van der Waals surface area (Å²) in [7, 11) is 0. The lowest BCUT2D eigenvalue weighted by Crippen LogP contribution is -2.44. The number of hydrogen-bond donors (Lipinski definition) is 4. The van der Waals surface area contributed by atoms with Crippen LogP contribution in [-0.4, -0.2) is 32.5 Å². The monoisotopic (exact) mass is 320 g/mol. The van der Waals surface area contributed by atoms with Crippen LogP contribution in [0.2, 0.25) is 0 Å². The van der Waals surface area contributed by atoms with Crippen molar-refractivity contribution in [3.05, 3.63) is 57.3 Å². The number of benzene rings is 1. The first-order valence-electron chi connectivity index (χ1n) is 6.90. The minimum absolute atomic E-state index is 0.189. The maximum atomic E-state index is 11.4. The first-order chi connectivity index (χ1) is 10.4. The van der Waals surface area contributed by atoms with E-state index in [4.69, 9.17) is 0 Å². The molecule has 3 rings (SSSR count). The van der Waals surface area contributed by atoms with Crippen LogP contribution in [0.5, 0.6) is 0 Å². The van der Waals surface area contributed by atoms with Gasteiger partial charge in [-0.15, -0.1) is 11.3 Å². The lowest BCUT2D eigenvalue weighted by Gasteiger charge is -2.34. The minimum Gasteiger partial charge on any atom is -0.479 e. The lowest BCUT2D eigenvalue weighted by molar-refractivity contribution is -0.168. The number of aliphatic hydroxyl groups is 3. The number of aliphatic carboxylic acids is 1. The minimum atomic E-state index is -2.15. The fraction of sp³-hybridized carbons (Fsp3) is 0.312. The molecule has 0 amide bonds. The molecule has 0 saturated carbocycles. The van der Waals surface area contributed by atoms with Crippen LogP contribution in [0.3, 0.4) is 0 Å². The van der Waals surface area contributed by atoms with Gasteiger partial charge in [0.05, 0.1) is 6.10 Å². The van der Waals surface area contributed by atoms with E-state index in [1.165, 1.54) is 11.3 Å². The molecule has 6 heteroatoms. The molecule has 1 aromatic carbocycles. The second-order valence-electron chi connectivity index (χ2n) is 5.53. The third-order valence-electron chi connectivity index (χ3n) is 3.97. The molecule has 4 N–H and O–H groups in total. The van der Waals surface area contributed by atoms with Crippen LogP contribution in [-0.2, 0) is 16.8 Å². The highest BCUT2D eigenvalue weighted by molar-refractivity contribution is 7.12. The molecule has 2 aromatic rings. The Balaban J connectivity index is 2.02. The van der Waals surface area contributed by atoms with E-state index in [1.807, 2.05) is 30.3 Å². The zero-order chi connectivity index (χ0) is 15.9. The van der Waals surface area contributed by atoms with E-state index >= 15 is 0 Å². The van der Waals surface area contributed by atoms with Gasteiger partial charge < -0.3 is 20.4 Å². The number of carboxylic acid groups (broad SMARTS) is 1. The summed E-state index contributed by atoms with van der Waals surface area (Å²) in [6, 6.07) is 11.3. The number of fused-ring (bicyclic) bond motifs is 1. The molecule has 0 saturated heterocycles. The van der Waals surface area contributed by atoms with Gasteiger partial charge in [0.1, 0.15) is 6.10 Å². The topological polar surface area (TPSA) is 98.0 Å². The summed E-state index contributed by atoms with van der Waals surface area (Å²) in [6.07, 6.45) is -2.30. The number of hydrogen-bond acceptors (Lipinski definition) is 5. The van der Waals surface area contributed by atoms with Crippen LogP contribution in [0.25, 0.3) is 0 Å². The van der Waals surface area contributed by atoms with Gasteiger partial charge >= 0.3 is 5.97 Å². The molecule has 5 nitrogen and oxygen atoms in total. The summed E-state index contributed by atoms with van der Waals surface area (Å²) in [5.41, 5.74) is -0.914. The van der Waals surface area contributed by atoms with Crippen molar-refractivity contribution in [2.75, 3.05) is 0 Å². The smallest absolute Gasteiger partial charge is 0.340 e. The van der Waals surface area contributed by atoms with E-state index in [2.05, 4.69) is 0 Å². The zero-order valence-corrected chi connectivity index (χ0v) is 12.5. The average molecular weight is 320 g/mol. The van der Waals surface area contributed by atoms with E-state index in [0.29, 0.717) is 11.3 Å². The number of carbonyl (C=O) groups is 1. The lowest BCUT2D eigenvalue weighted by atomic mass is 9.80. The van der Waals surface area contributed by atoms with Crippen LogP contribution in [0.4, 0.5) is 0 Å². The standard InChI is InChI=1S/C16H16O5S/c17-12-8-16(21,15(19)20)11-7-10(22-14(11)13(12)18)6-9-4-2-1-3-5-9/h1-5,7,12-13,17-18,21H,6,8H2,(H,19,20)/t12-,13+,16+/m1/s1. The number of rotatable bonds is 3. The molecule has 0 fully saturated rings. The number of aliphatic hydroxyl groups excluding tert-OH is 2. The number of thiophene rings is 1. The second-order valence-corrected chi connectivity index (χ2v) is 6.70. The van der Waals surface area contributed by atoms with Crippen molar-refractivity contribution in [3.8, 4) is 0 Å². The van der Waals surface area contributed by atoms with Gasteiger partial charge in [-0.05, 0) is 11.6 Å². The fourth-order valence-corrected chi connectivity index (χ4v) is 4.10. The Morgan fingerprint density at radius 2 is 1.95 bits per heavy atom. The normalized spacial score (nSPS) is 27.4. The molecule has 1 aliphatic rings. The molecule has 1 heterocycles. The first-order valence-corrected chi connectivity index (χ1v) is 7.72. The Kier molecular flexibility index (Phi) is 3.78. The predicted molar refractivity (Wildman–Crippen MR) is 80.7 cm³/mol. The van der Waals surface area contributed by atoms with Crippen LogP contribution in [0, 0.1) is 0 Å². The fourth-order valence-electron chi connectivity index (χ4n) is 2.79. The largest absolute Gasteiger partial charge is 0.479 e. The molecule has 0 bridgehead atoms. The molecule has 116 valence electrons. The van der Waals surface area contributed by atoms with Crippen molar-refractivity contribution in [1.29, 1.82) is 0 Å². The summed E-state index contributed by atoms with van der Waals surface area (Å²) in [5, 5.41) is 39.6. The molecule has 22 heavy (non-hydrogen) atoms. The van der Waals surface area contributed by atoms with Gasteiger partial charge in [-0.25, -0.2) is 4.79 Å². The van der Waals surface area contributed by atoms with Crippen molar-refractivity contribution >= 4 is 17.3 Å². The van der Waals surface area contributed by atoms with Crippen LogP contribution < -0.4 is 0 Å². The second kappa shape index (κ2) is 5.48. The highest BCUT2D eigenvalue weighted by atomic mass is 32.1. The summed E-state index contributed by atoms with van der Waals surface area (Å²) < 4.78 is 0. The highest BCUT2D eigenvalue weighted by Crippen LogP contribution is 2.45. The Morgan fingerprint density at radius 3 is 2.59 bits per heavy atom. The predicted octanol–water partition coefficient (Wildman–Crippen LogP) is 1.41. The van der Waals surface area contributed by atoms with E-state index in [9.17, 15) is 25.2 Å². The summed E-state index contributed by atoms with van der Waals surface area (Å²) >= 11 is 1.23. The maximum absolute atomic E-state index is 11.4. The summed E-state index contributed by atoms with van der Waals surface area (Å²) in [6.45, 7) is 0. The summed E-state index contributed by atoms with van der Waals surface area (Å²) in [5.74, 6) is -1.41. The van der Waals surface area contributed by atoms with Gasteiger partial charge in [0.2, 0.25) is 0 Å². The Bertz CT molecular complexity index is 696. The van der Waals surface area contributed by atoms with Crippen molar-refractivity contribution < 1.29 is 25.2 Å². The molecule has 0 aliphatic heterocycles. The third-order valence-corrected chi connectivity index (χ3v) is 5.18. The average Bonchev–Trinajstić information content (AvgIpc) is 2.91. The van der Waals surface area contributed by atoms with Gasteiger partial charge in [0.15, 0.2) is 5.60 Å². The zero-order valence-electron chi connectivity index (χ0n) is 11.6. The SMILES string of the molecule is O=C(O)[C@]1(O)C[C@@H](O)[C@H](O)c2sc(Cc3ccccc3)cc21. The van der Waals surface area contributed by atoms with Crippen molar-refractivity contribution in [3.63, 3.8) is 0 Å². The van der Waals surface area contributed by atoms with Gasteiger partial charge in [-0.3, -0.25) is 0 Å². The summed E-state index contributed by atoms with van der Waals surface area (Å²) in [4.78, 5) is 12.6. The Hall–Kier alpha value is -1.73. The van der Waals surface area contributed by atoms with E-state index in [-0.39, 0.29) is 5.56 Å². The van der Waals surface area contributed by atoms with Gasteiger partial charge in [-0.1, -0.05) is 30.3 Å². The molecular formula is C16H16O5S. The van der Waals surface area contributed by atoms with Gasteiger partial charge in [0.25, 0.3) is 0 Å². The van der Waals surface area contributed by atoms with Crippen molar-refractivity contribution in [2.45, 2.75) is 30.7 Å². The van der Waals surface area contributed by atoms with Crippen LogP contribution in [0.1, 0.15) is 33.4 Å². The van der Waals surface area contributed by atoms with Gasteiger partial charge in [0, 0.05) is 28.2 Å². The molecular weight excluding hydrogens is 304 g/mol. The molecule has 0 spiro atoms. The van der Waals surface area contributed by atoms with Gasteiger partial charge in [-0.2, -0.15) is 0 Å². The van der Waals surface area contributed by atoms with E-state index in [1.54, 1.807) is 6.07 Å². The number of carboxylic acids is 1. The highest BCUT2D eigenvalue weighted by Gasteiger charge is 2.49. The molecule has 1 aliphatic carbocycles. The molecule has 0 radical (unpaired) electrons. The Morgan fingerprint density at radius 1 is 1.27 bits per heavy atom. The van der Waals surface area contributed by atoms with Crippen molar-refractivity contribution in [1.82, 2.24) is 0 Å². The quantitative estimate of drug-likeness (QED) is 0.685. The van der Waals surface area contributed by atoms with Crippen molar-refractivity contribution in [2.24, 2.45) is 0 Å². The first kappa shape index (κ1) is 15.2. The van der Waals surface area contributed by atoms with E-state index < -0.39 is 30.2 Å². The Labute approximate surface area is 131 Å². The molecule has 0 unspecified atom stereocenters. The maximum Gasteiger partial charge on any atom is 0.340 e. The van der Waals surface area contributed by atoms with Crippen LogP contribution >= 0.6 is 11.3 Å². The van der Waals surface area contributed by atoms with E-state index in [0.717, 1.165) is 10.4 Å². The molecule has 1 aromatic heterocycles. The third kappa shape index (κ3) is 2.44. The molecule has 3 atom stereocenters.